The first-order valence-electron chi connectivity index (χ1n) is 10.4. The van der Waals surface area contributed by atoms with Crippen molar-refractivity contribution in [3.63, 3.8) is 0 Å². The van der Waals surface area contributed by atoms with Crippen LogP contribution in [-0.4, -0.2) is 20.9 Å². The first-order chi connectivity index (χ1) is 16.4. The second-order valence-corrected chi connectivity index (χ2v) is 10.4. The fourth-order valence-electron chi connectivity index (χ4n) is 3.20. The minimum Gasteiger partial charge on any atom is -0.457 e. The molecule has 172 valence electrons. The van der Waals surface area contributed by atoms with Crippen LogP contribution in [0.2, 0.25) is 0 Å². The minimum atomic E-state index is -3.95. The summed E-state index contributed by atoms with van der Waals surface area (Å²) in [5, 5.41) is 2.77. The third-order valence-electron chi connectivity index (χ3n) is 4.85. The van der Waals surface area contributed by atoms with Crippen molar-refractivity contribution in [1.82, 2.24) is 0 Å². The number of amides is 1. The highest BCUT2D eigenvalue weighted by molar-refractivity contribution is 14.1. The van der Waals surface area contributed by atoms with Gasteiger partial charge in [-0.15, -0.1) is 0 Å². The Bertz CT molecular complexity index is 1350. The molecule has 8 heteroatoms. The second kappa shape index (κ2) is 10.7. The van der Waals surface area contributed by atoms with Crippen LogP contribution in [0.3, 0.4) is 0 Å². The fourth-order valence-corrected chi connectivity index (χ4v) is 5.01. The SMILES string of the molecule is O=C(CN(c1ccc(I)cc1)S(=O)(=O)c1ccccc1)Nc1ccc(Oc2ccccc2)cc1. The van der Waals surface area contributed by atoms with Crippen LogP contribution in [0.4, 0.5) is 11.4 Å². The Kier molecular flexibility index (Phi) is 7.49. The van der Waals surface area contributed by atoms with E-state index in [4.69, 9.17) is 4.74 Å². The number of nitrogens with zero attached hydrogens (tertiary/aromatic N) is 1. The summed E-state index contributed by atoms with van der Waals surface area (Å²) < 4.78 is 34.5. The zero-order valence-electron chi connectivity index (χ0n) is 18.0. The topological polar surface area (TPSA) is 75.7 Å². The Balaban J connectivity index is 1.51. The zero-order chi connectivity index (χ0) is 24.0. The van der Waals surface area contributed by atoms with Crippen LogP contribution in [0, 0.1) is 3.57 Å². The maximum atomic E-state index is 13.4. The predicted molar refractivity (Wildman–Crippen MR) is 142 cm³/mol. The smallest absolute Gasteiger partial charge is 0.264 e. The van der Waals surface area contributed by atoms with Crippen LogP contribution in [0.1, 0.15) is 0 Å². The molecule has 0 heterocycles. The van der Waals surface area contributed by atoms with Crippen LogP contribution in [0.5, 0.6) is 11.5 Å². The first-order valence-corrected chi connectivity index (χ1v) is 12.9. The summed E-state index contributed by atoms with van der Waals surface area (Å²) in [6, 6.07) is 31.3. The molecule has 0 fully saturated rings. The van der Waals surface area contributed by atoms with Gasteiger partial charge in [0.05, 0.1) is 10.6 Å². The molecule has 0 saturated heterocycles. The van der Waals surface area contributed by atoms with Gasteiger partial charge in [0.25, 0.3) is 10.0 Å². The number of sulfonamides is 1. The van der Waals surface area contributed by atoms with Gasteiger partial charge in [-0.25, -0.2) is 8.42 Å². The van der Waals surface area contributed by atoms with Gasteiger partial charge in [-0.05, 0) is 95.4 Å². The number of ether oxygens (including phenoxy) is 1. The molecule has 0 unspecified atom stereocenters. The van der Waals surface area contributed by atoms with Gasteiger partial charge in [-0.3, -0.25) is 9.10 Å². The Hall–Kier alpha value is -3.37. The molecule has 0 aliphatic carbocycles. The second-order valence-electron chi connectivity index (χ2n) is 7.29. The Morgan fingerprint density at radius 2 is 1.32 bits per heavy atom. The van der Waals surface area contributed by atoms with Crippen LogP contribution in [0.15, 0.2) is 114 Å². The third-order valence-corrected chi connectivity index (χ3v) is 7.36. The summed E-state index contributed by atoms with van der Waals surface area (Å²) in [6.45, 7) is -0.375. The number of halogens is 1. The van der Waals surface area contributed by atoms with Crippen LogP contribution >= 0.6 is 22.6 Å². The van der Waals surface area contributed by atoms with E-state index in [-0.39, 0.29) is 11.4 Å². The molecule has 34 heavy (non-hydrogen) atoms. The molecule has 4 aromatic rings. The molecule has 1 amide bonds. The average molecular weight is 584 g/mol. The van der Waals surface area contributed by atoms with Crippen molar-refractivity contribution in [2.24, 2.45) is 0 Å². The standard InChI is InChI=1S/C26H21IN2O4S/c27-20-11-15-22(16-12-20)29(34(31,32)25-9-5-2-6-10-25)19-26(30)28-21-13-17-24(18-14-21)33-23-7-3-1-4-8-23/h1-18H,19H2,(H,28,30). The maximum Gasteiger partial charge on any atom is 0.264 e. The normalized spacial score (nSPS) is 11.0. The summed E-state index contributed by atoms with van der Waals surface area (Å²) in [4.78, 5) is 13.0. The number of anilines is 2. The van der Waals surface area contributed by atoms with Crippen LogP contribution in [-0.2, 0) is 14.8 Å². The minimum absolute atomic E-state index is 0.115. The van der Waals surface area contributed by atoms with Crippen LogP contribution in [0.25, 0.3) is 0 Å². The van der Waals surface area contributed by atoms with Gasteiger partial charge in [-0.2, -0.15) is 0 Å². The lowest BCUT2D eigenvalue weighted by atomic mass is 10.3. The van der Waals surface area contributed by atoms with Crippen LogP contribution < -0.4 is 14.4 Å². The summed E-state index contributed by atoms with van der Waals surface area (Å²) in [6.07, 6.45) is 0. The molecule has 0 aliphatic rings. The molecular weight excluding hydrogens is 563 g/mol. The van der Waals surface area contributed by atoms with Crippen molar-refractivity contribution >= 4 is 49.9 Å². The predicted octanol–water partition coefficient (Wildman–Crippen LogP) is 5.92. The van der Waals surface area contributed by atoms with E-state index in [9.17, 15) is 13.2 Å². The molecule has 0 spiro atoms. The molecule has 1 N–H and O–H groups in total. The fraction of sp³-hybridized carbons (Fsp3) is 0.0385. The molecule has 0 radical (unpaired) electrons. The molecule has 0 aliphatic heterocycles. The van der Waals surface area contributed by atoms with Crippen molar-refractivity contribution in [1.29, 1.82) is 0 Å². The number of hydrogen-bond donors (Lipinski definition) is 1. The van der Waals surface area contributed by atoms with Crippen molar-refractivity contribution in [3.05, 3.63) is 113 Å². The zero-order valence-corrected chi connectivity index (χ0v) is 20.9. The Morgan fingerprint density at radius 1 is 0.765 bits per heavy atom. The molecule has 0 aromatic heterocycles. The quantitative estimate of drug-likeness (QED) is 0.261. The average Bonchev–Trinajstić information content (AvgIpc) is 2.85. The highest BCUT2D eigenvalue weighted by Crippen LogP contribution is 2.25. The number of para-hydroxylation sites is 1. The number of carbonyl (C=O) groups is 1. The largest absolute Gasteiger partial charge is 0.457 e. The van der Waals surface area contributed by atoms with Crippen molar-refractivity contribution in [2.75, 3.05) is 16.2 Å². The van der Waals surface area contributed by atoms with Gasteiger partial charge < -0.3 is 10.1 Å². The van der Waals surface area contributed by atoms with E-state index >= 15 is 0 Å². The molecule has 0 saturated carbocycles. The molecule has 0 bridgehead atoms. The van der Waals surface area contributed by atoms with Gasteiger partial charge in [0.2, 0.25) is 5.91 Å². The van der Waals surface area contributed by atoms with Crippen molar-refractivity contribution < 1.29 is 17.9 Å². The Morgan fingerprint density at radius 3 is 1.94 bits per heavy atom. The number of carbonyl (C=O) groups excluding carboxylic acids is 1. The van der Waals surface area contributed by atoms with E-state index in [1.807, 2.05) is 30.3 Å². The van der Waals surface area contributed by atoms with E-state index in [1.165, 1.54) is 12.1 Å². The molecule has 6 nitrogen and oxygen atoms in total. The van der Waals surface area contributed by atoms with E-state index in [0.717, 1.165) is 7.88 Å². The lowest BCUT2D eigenvalue weighted by Gasteiger charge is -2.24. The summed E-state index contributed by atoms with van der Waals surface area (Å²) in [7, 11) is -3.95. The summed E-state index contributed by atoms with van der Waals surface area (Å²) >= 11 is 2.14. The highest BCUT2D eigenvalue weighted by atomic mass is 127. The summed E-state index contributed by atoms with van der Waals surface area (Å²) in [5.41, 5.74) is 0.941. The lowest BCUT2D eigenvalue weighted by molar-refractivity contribution is -0.114. The van der Waals surface area contributed by atoms with Crippen molar-refractivity contribution in [3.8, 4) is 11.5 Å². The number of rotatable bonds is 8. The van der Waals surface area contributed by atoms with Gasteiger partial charge in [-0.1, -0.05) is 36.4 Å². The molecule has 4 rings (SSSR count). The lowest BCUT2D eigenvalue weighted by Crippen LogP contribution is -2.38. The van der Waals surface area contributed by atoms with E-state index in [1.54, 1.807) is 66.7 Å². The van der Waals surface area contributed by atoms with Gasteiger partial charge >= 0.3 is 0 Å². The summed E-state index contributed by atoms with van der Waals surface area (Å²) in [5.74, 6) is 0.865. The van der Waals surface area contributed by atoms with Gasteiger partial charge in [0.15, 0.2) is 0 Å². The van der Waals surface area contributed by atoms with E-state index in [2.05, 4.69) is 27.9 Å². The molecule has 4 aromatic carbocycles. The monoisotopic (exact) mass is 584 g/mol. The van der Waals surface area contributed by atoms with E-state index < -0.39 is 15.9 Å². The molecule has 0 atom stereocenters. The van der Waals surface area contributed by atoms with Gasteiger partial charge in [0, 0.05) is 9.26 Å². The maximum absolute atomic E-state index is 13.4. The highest BCUT2D eigenvalue weighted by Gasteiger charge is 2.27. The Labute approximate surface area is 212 Å². The molecular formula is C26H21IN2O4S. The number of hydrogen-bond acceptors (Lipinski definition) is 4. The van der Waals surface area contributed by atoms with Crippen molar-refractivity contribution in [2.45, 2.75) is 4.90 Å². The number of nitrogens with one attached hydrogen (secondary N) is 1. The van der Waals surface area contributed by atoms with E-state index in [0.29, 0.717) is 22.9 Å². The third kappa shape index (κ3) is 5.95. The van der Waals surface area contributed by atoms with Gasteiger partial charge in [0.1, 0.15) is 18.0 Å². The number of benzene rings is 4. The first kappa shape index (κ1) is 23.8.